The Morgan fingerprint density at radius 1 is 1.09 bits per heavy atom. The third-order valence-electron chi connectivity index (χ3n) is 2.95. The number of nitrogens with one attached hydrogen (secondary N) is 1. The normalized spacial score (nSPS) is 11.0. The molecule has 0 aliphatic carbocycles. The molecule has 0 saturated heterocycles. The minimum absolute atomic E-state index is 0.255. The van der Waals surface area contributed by atoms with E-state index >= 15 is 0 Å². The first-order valence-corrected chi connectivity index (χ1v) is 6.75. The topological polar surface area (TPSA) is 41.6 Å². The van der Waals surface area contributed by atoms with Crippen molar-refractivity contribution in [3.8, 4) is 5.75 Å². The Labute approximate surface area is 131 Å². The minimum Gasteiger partial charge on any atom is -0.406 e. The van der Waals surface area contributed by atoms with Gasteiger partial charge in [-0.3, -0.25) is 0 Å². The van der Waals surface area contributed by atoms with Crippen LogP contribution >= 0.6 is 0 Å². The Morgan fingerprint density at radius 2 is 1.70 bits per heavy atom. The van der Waals surface area contributed by atoms with E-state index in [9.17, 15) is 18.0 Å². The molecule has 0 atom stereocenters. The molecule has 0 spiro atoms. The first kappa shape index (κ1) is 16.7. The summed E-state index contributed by atoms with van der Waals surface area (Å²) in [5.74, 6) is -0.294. The van der Waals surface area contributed by atoms with Crippen LogP contribution in [-0.4, -0.2) is 24.3 Å². The molecule has 0 aliphatic heterocycles. The molecule has 2 aromatic rings. The SMILES string of the molecule is CN(Cc1ccc(OC(F)(F)F)cc1)C(=O)Nc1ccccc1. The lowest BCUT2D eigenvalue weighted by Gasteiger charge is -2.18. The maximum atomic E-state index is 12.1. The molecule has 0 fully saturated rings. The number of alkyl halides is 3. The number of para-hydroxylation sites is 1. The fourth-order valence-corrected chi connectivity index (χ4v) is 1.88. The summed E-state index contributed by atoms with van der Waals surface area (Å²) in [6.45, 7) is 0.255. The van der Waals surface area contributed by atoms with E-state index in [0.717, 1.165) is 0 Å². The van der Waals surface area contributed by atoms with Crippen molar-refractivity contribution in [1.29, 1.82) is 0 Å². The van der Waals surface area contributed by atoms with Crippen LogP contribution in [0.4, 0.5) is 23.7 Å². The first-order chi connectivity index (χ1) is 10.8. The van der Waals surface area contributed by atoms with Gasteiger partial charge in [0.15, 0.2) is 0 Å². The van der Waals surface area contributed by atoms with Crippen molar-refractivity contribution in [2.75, 3.05) is 12.4 Å². The zero-order valence-corrected chi connectivity index (χ0v) is 12.3. The minimum atomic E-state index is -4.71. The van der Waals surface area contributed by atoms with Crippen molar-refractivity contribution in [2.24, 2.45) is 0 Å². The number of ether oxygens (including phenoxy) is 1. The lowest BCUT2D eigenvalue weighted by Crippen LogP contribution is -2.30. The highest BCUT2D eigenvalue weighted by molar-refractivity contribution is 5.89. The third kappa shape index (κ3) is 5.54. The van der Waals surface area contributed by atoms with Gasteiger partial charge in [0.25, 0.3) is 0 Å². The number of rotatable bonds is 4. The molecule has 23 heavy (non-hydrogen) atoms. The summed E-state index contributed by atoms with van der Waals surface area (Å²) in [5, 5.41) is 2.72. The Bertz CT molecular complexity index is 643. The number of nitrogens with zero attached hydrogens (tertiary/aromatic N) is 1. The predicted molar refractivity (Wildman–Crippen MR) is 80.1 cm³/mol. The van der Waals surface area contributed by atoms with E-state index in [0.29, 0.717) is 11.3 Å². The number of anilines is 1. The molecule has 7 heteroatoms. The molecule has 1 N–H and O–H groups in total. The van der Waals surface area contributed by atoms with Crippen LogP contribution in [0, 0.1) is 0 Å². The summed E-state index contributed by atoms with van der Waals surface area (Å²) in [4.78, 5) is 13.4. The Morgan fingerprint density at radius 3 is 2.26 bits per heavy atom. The van der Waals surface area contributed by atoms with Crippen molar-refractivity contribution < 1.29 is 22.7 Å². The molecule has 0 aliphatic rings. The fourth-order valence-electron chi connectivity index (χ4n) is 1.88. The van der Waals surface area contributed by atoms with E-state index < -0.39 is 6.36 Å². The smallest absolute Gasteiger partial charge is 0.406 e. The van der Waals surface area contributed by atoms with Crippen molar-refractivity contribution in [3.63, 3.8) is 0 Å². The summed E-state index contributed by atoms with van der Waals surface area (Å²) in [6, 6.07) is 14.0. The van der Waals surface area contributed by atoms with Crippen molar-refractivity contribution in [2.45, 2.75) is 12.9 Å². The number of carbonyl (C=O) groups excluding carboxylic acids is 1. The number of halogens is 3. The average Bonchev–Trinajstić information content (AvgIpc) is 2.48. The number of carbonyl (C=O) groups is 1. The quantitative estimate of drug-likeness (QED) is 0.913. The monoisotopic (exact) mass is 324 g/mol. The molecule has 2 rings (SSSR count). The van der Waals surface area contributed by atoms with Crippen LogP contribution in [0.5, 0.6) is 5.75 Å². The van der Waals surface area contributed by atoms with E-state index in [1.807, 2.05) is 6.07 Å². The standard InChI is InChI=1S/C16H15F3N2O2/c1-21(15(22)20-13-5-3-2-4-6-13)11-12-7-9-14(10-8-12)23-16(17,18)19/h2-10H,11H2,1H3,(H,20,22). The summed E-state index contributed by atoms with van der Waals surface area (Å²) >= 11 is 0. The number of amides is 2. The highest BCUT2D eigenvalue weighted by atomic mass is 19.4. The van der Waals surface area contributed by atoms with Crippen LogP contribution in [0.2, 0.25) is 0 Å². The number of hydrogen-bond acceptors (Lipinski definition) is 2. The molecule has 0 heterocycles. The van der Waals surface area contributed by atoms with Gasteiger partial charge in [0.2, 0.25) is 0 Å². The molecular weight excluding hydrogens is 309 g/mol. The summed E-state index contributed by atoms with van der Waals surface area (Å²) in [7, 11) is 1.60. The molecule has 0 bridgehead atoms. The summed E-state index contributed by atoms with van der Waals surface area (Å²) < 4.78 is 40.0. The maximum Gasteiger partial charge on any atom is 0.573 e. The van der Waals surface area contributed by atoms with E-state index in [2.05, 4.69) is 10.1 Å². The van der Waals surface area contributed by atoms with Gasteiger partial charge in [-0.2, -0.15) is 0 Å². The Kier molecular flexibility index (Phi) is 5.10. The maximum absolute atomic E-state index is 12.1. The van der Waals surface area contributed by atoms with Gasteiger partial charge in [-0.15, -0.1) is 13.2 Å². The molecule has 4 nitrogen and oxygen atoms in total. The van der Waals surface area contributed by atoms with Crippen LogP contribution in [0.3, 0.4) is 0 Å². The molecule has 122 valence electrons. The second kappa shape index (κ2) is 7.04. The predicted octanol–water partition coefficient (Wildman–Crippen LogP) is 4.25. The zero-order chi connectivity index (χ0) is 16.9. The second-order valence-electron chi connectivity index (χ2n) is 4.84. The van der Waals surface area contributed by atoms with Gasteiger partial charge in [0.05, 0.1) is 0 Å². The van der Waals surface area contributed by atoms with Gasteiger partial charge in [-0.25, -0.2) is 4.79 Å². The summed E-state index contributed by atoms with van der Waals surface area (Å²) in [6.07, 6.45) is -4.71. The van der Waals surface area contributed by atoms with Crippen LogP contribution in [-0.2, 0) is 6.54 Å². The molecular formula is C16H15F3N2O2. The molecule has 2 aromatic carbocycles. The highest BCUT2D eigenvalue weighted by Crippen LogP contribution is 2.23. The van der Waals surface area contributed by atoms with Gasteiger partial charge >= 0.3 is 12.4 Å². The number of benzene rings is 2. The zero-order valence-electron chi connectivity index (χ0n) is 12.3. The van der Waals surface area contributed by atoms with E-state index in [4.69, 9.17) is 0 Å². The molecule has 0 radical (unpaired) electrons. The molecule has 0 saturated carbocycles. The van der Waals surface area contributed by atoms with Gasteiger partial charge in [0.1, 0.15) is 5.75 Å². The van der Waals surface area contributed by atoms with Crippen LogP contribution in [0.15, 0.2) is 54.6 Å². The van der Waals surface area contributed by atoms with Gasteiger partial charge < -0.3 is 15.0 Å². The van der Waals surface area contributed by atoms with E-state index in [1.54, 1.807) is 31.3 Å². The van der Waals surface area contributed by atoms with Crippen LogP contribution in [0.25, 0.3) is 0 Å². The second-order valence-corrected chi connectivity index (χ2v) is 4.84. The van der Waals surface area contributed by atoms with Crippen LogP contribution < -0.4 is 10.1 Å². The number of urea groups is 1. The van der Waals surface area contributed by atoms with Crippen molar-refractivity contribution in [1.82, 2.24) is 4.90 Å². The molecule has 0 aromatic heterocycles. The average molecular weight is 324 g/mol. The number of hydrogen-bond donors (Lipinski definition) is 1. The van der Waals surface area contributed by atoms with Gasteiger partial charge in [-0.1, -0.05) is 30.3 Å². The Hall–Kier alpha value is -2.70. The third-order valence-corrected chi connectivity index (χ3v) is 2.95. The fraction of sp³-hybridized carbons (Fsp3) is 0.188. The van der Waals surface area contributed by atoms with Crippen molar-refractivity contribution >= 4 is 11.7 Å². The lowest BCUT2D eigenvalue weighted by atomic mass is 10.2. The highest BCUT2D eigenvalue weighted by Gasteiger charge is 2.30. The lowest BCUT2D eigenvalue weighted by molar-refractivity contribution is -0.274. The van der Waals surface area contributed by atoms with Crippen molar-refractivity contribution in [3.05, 3.63) is 60.2 Å². The Balaban J connectivity index is 1.92. The van der Waals surface area contributed by atoms with Gasteiger partial charge in [-0.05, 0) is 29.8 Å². The van der Waals surface area contributed by atoms with Crippen LogP contribution in [0.1, 0.15) is 5.56 Å². The van der Waals surface area contributed by atoms with E-state index in [1.165, 1.54) is 29.2 Å². The molecule has 0 unspecified atom stereocenters. The largest absolute Gasteiger partial charge is 0.573 e. The van der Waals surface area contributed by atoms with Gasteiger partial charge in [0, 0.05) is 19.3 Å². The first-order valence-electron chi connectivity index (χ1n) is 6.75. The molecule has 2 amide bonds. The van der Waals surface area contributed by atoms with E-state index in [-0.39, 0.29) is 18.3 Å². The summed E-state index contributed by atoms with van der Waals surface area (Å²) in [5.41, 5.74) is 1.35.